The number of pyridine rings is 1. The molecule has 4 rings (SSSR count). The third-order valence-electron chi connectivity index (χ3n) is 4.65. The van der Waals surface area contributed by atoms with Gasteiger partial charge in [0, 0.05) is 35.3 Å². The van der Waals surface area contributed by atoms with Crippen LogP contribution in [-0.2, 0) is 0 Å². The van der Waals surface area contributed by atoms with Crippen molar-refractivity contribution in [1.29, 1.82) is 0 Å². The van der Waals surface area contributed by atoms with Crippen LogP contribution in [0, 0.1) is 18.6 Å². The molecule has 0 aliphatic rings. The number of aromatic nitrogens is 5. The maximum absolute atomic E-state index is 14.9. The predicted molar refractivity (Wildman–Crippen MR) is 119 cm³/mol. The van der Waals surface area contributed by atoms with E-state index in [0.29, 0.717) is 18.7 Å². The van der Waals surface area contributed by atoms with E-state index in [4.69, 9.17) is 10.5 Å². The molecule has 8 nitrogen and oxygen atoms in total. The molecule has 166 valence electrons. The summed E-state index contributed by atoms with van der Waals surface area (Å²) in [7, 11) is 3.75. The molecule has 0 atom stereocenters. The third kappa shape index (κ3) is 4.43. The normalized spacial score (nSPS) is 11.3. The quantitative estimate of drug-likeness (QED) is 0.453. The van der Waals surface area contributed by atoms with Gasteiger partial charge in [0.25, 0.3) is 0 Å². The number of aryl methyl sites for hydroxylation is 1. The van der Waals surface area contributed by atoms with Crippen LogP contribution >= 0.6 is 11.3 Å². The maximum atomic E-state index is 14.9. The highest BCUT2D eigenvalue weighted by Gasteiger charge is 2.22. The fraction of sp³-hybridized carbons (Fsp3) is 0.238. The largest absolute Gasteiger partial charge is 0.492 e. The Balaban J connectivity index is 1.72. The zero-order valence-electron chi connectivity index (χ0n) is 17.7. The number of likely N-dealkylation sites (N-methyl/N-ethyl adjacent to an activating group) is 1. The lowest BCUT2D eigenvalue weighted by Crippen LogP contribution is -2.19. The predicted octanol–water partition coefficient (Wildman–Crippen LogP) is 3.56. The SMILES string of the molecule is Cc1csc(-c2cnc(N)c(-c3nnnn3-c3c(F)cc(OCCN(C)C)cc3F)c2)c1. The lowest BCUT2D eigenvalue weighted by Gasteiger charge is -2.13. The smallest absolute Gasteiger partial charge is 0.191 e. The molecule has 0 unspecified atom stereocenters. The van der Waals surface area contributed by atoms with E-state index in [1.807, 2.05) is 37.4 Å². The molecule has 0 bridgehead atoms. The molecule has 1 aromatic carbocycles. The van der Waals surface area contributed by atoms with Crippen LogP contribution in [-0.4, -0.2) is 57.3 Å². The molecule has 3 heterocycles. The standard InChI is InChI=1S/C21H21F2N7OS/c1-12-6-18(32-11-12)13-7-15(20(24)25-10-13)21-26-27-28-30(21)19-16(22)8-14(9-17(19)23)31-5-4-29(2)3/h6-11H,4-5H2,1-3H3,(H2,24,25). The fourth-order valence-electron chi connectivity index (χ4n) is 3.05. The highest BCUT2D eigenvalue weighted by molar-refractivity contribution is 7.13. The van der Waals surface area contributed by atoms with Gasteiger partial charge in [-0.2, -0.15) is 4.68 Å². The molecule has 0 aliphatic carbocycles. The van der Waals surface area contributed by atoms with E-state index in [0.717, 1.165) is 32.8 Å². The second-order valence-corrected chi connectivity index (χ2v) is 8.36. The van der Waals surface area contributed by atoms with Crippen molar-refractivity contribution in [3.63, 3.8) is 0 Å². The summed E-state index contributed by atoms with van der Waals surface area (Å²) < 4.78 is 36.2. The van der Waals surface area contributed by atoms with E-state index >= 15 is 0 Å². The Kier molecular flexibility index (Phi) is 6.10. The summed E-state index contributed by atoms with van der Waals surface area (Å²) in [6.45, 7) is 2.89. The van der Waals surface area contributed by atoms with E-state index in [1.165, 1.54) is 0 Å². The Labute approximate surface area is 187 Å². The van der Waals surface area contributed by atoms with Crippen LogP contribution in [0.1, 0.15) is 5.56 Å². The zero-order chi connectivity index (χ0) is 22.8. The summed E-state index contributed by atoms with van der Waals surface area (Å²) in [4.78, 5) is 7.11. The molecule has 0 aliphatic heterocycles. The molecule has 32 heavy (non-hydrogen) atoms. The van der Waals surface area contributed by atoms with Crippen LogP contribution in [0.5, 0.6) is 5.75 Å². The van der Waals surface area contributed by atoms with Crippen molar-refractivity contribution in [2.75, 3.05) is 33.0 Å². The molecular weight excluding hydrogens is 436 g/mol. The van der Waals surface area contributed by atoms with Crippen LogP contribution in [0.3, 0.4) is 0 Å². The van der Waals surface area contributed by atoms with Crippen molar-refractivity contribution in [3.05, 3.63) is 53.0 Å². The summed E-state index contributed by atoms with van der Waals surface area (Å²) in [6.07, 6.45) is 1.64. The highest BCUT2D eigenvalue weighted by Crippen LogP contribution is 2.33. The number of nitrogens with two attached hydrogens (primary N) is 1. The maximum Gasteiger partial charge on any atom is 0.191 e. The number of rotatable bonds is 7. The van der Waals surface area contributed by atoms with Gasteiger partial charge < -0.3 is 15.4 Å². The number of anilines is 1. The summed E-state index contributed by atoms with van der Waals surface area (Å²) in [5, 5.41) is 13.4. The van der Waals surface area contributed by atoms with Gasteiger partial charge in [-0.15, -0.1) is 16.4 Å². The van der Waals surface area contributed by atoms with Gasteiger partial charge in [-0.3, -0.25) is 0 Å². The van der Waals surface area contributed by atoms with Gasteiger partial charge in [-0.05, 0) is 54.5 Å². The summed E-state index contributed by atoms with van der Waals surface area (Å²) >= 11 is 1.55. The van der Waals surface area contributed by atoms with E-state index < -0.39 is 17.3 Å². The average molecular weight is 458 g/mol. The topological polar surface area (TPSA) is 95.0 Å². The molecule has 3 aromatic heterocycles. The van der Waals surface area contributed by atoms with E-state index in [-0.39, 0.29) is 17.4 Å². The monoisotopic (exact) mass is 457 g/mol. The molecular formula is C21H21F2N7OS. The van der Waals surface area contributed by atoms with Gasteiger partial charge in [-0.25, -0.2) is 13.8 Å². The Morgan fingerprint density at radius 1 is 1.16 bits per heavy atom. The molecule has 11 heteroatoms. The average Bonchev–Trinajstić information content (AvgIpc) is 3.37. The number of nitrogen functional groups attached to an aromatic ring is 1. The Morgan fingerprint density at radius 3 is 2.56 bits per heavy atom. The zero-order valence-corrected chi connectivity index (χ0v) is 18.5. The van der Waals surface area contributed by atoms with Gasteiger partial charge in [0.1, 0.15) is 23.9 Å². The molecule has 0 radical (unpaired) electrons. The number of hydrogen-bond acceptors (Lipinski definition) is 8. The van der Waals surface area contributed by atoms with Crippen LogP contribution in [0.25, 0.3) is 27.5 Å². The van der Waals surface area contributed by atoms with Crippen LogP contribution in [0.2, 0.25) is 0 Å². The third-order valence-corrected chi connectivity index (χ3v) is 5.75. The first-order valence-corrected chi connectivity index (χ1v) is 10.6. The van der Waals surface area contributed by atoms with Gasteiger partial charge in [0.2, 0.25) is 0 Å². The Hall–Kier alpha value is -3.44. The number of thiophene rings is 1. The van der Waals surface area contributed by atoms with E-state index in [2.05, 4.69) is 20.5 Å². The molecule has 0 saturated heterocycles. The van der Waals surface area contributed by atoms with Gasteiger partial charge in [0.05, 0.1) is 5.56 Å². The molecule has 0 amide bonds. The van der Waals surface area contributed by atoms with Crippen LogP contribution in [0.4, 0.5) is 14.6 Å². The minimum absolute atomic E-state index is 0.0733. The second-order valence-electron chi connectivity index (χ2n) is 7.45. The lowest BCUT2D eigenvalue weighted by atomic mass is 10.1. The van der Waals surface area contributed by atoms with Gasteiger partial charge in [0.15, 0.2) is 17.5 Å². The molecule has 0 fully saturated rings. The summed E-state index contributed by atoms with van der Waals surface area (Å²) in [5.41, 5.74) is 7.91. The van der Waals surface area contributed by atoms with Crippen molar-refractivity contribution >= 4 is 17.2 Å². The van der Waals surface area contributed by atoms with Crippen molar-refractivity contribution in [2.24, 2.45) is 0 Å². The number of benzene rings is 1. The van der Waals surface area contributed by atoms with Crippen LogP contribution in [0.15, 0.2) is 35.8 Å². The van der Waals surface area contributed by atoms with Crippen molar-refractivity contribution < 1.29 is 13.5 Å². The number of ether oxygens (including phenoxy) is 1. The number of halogens is 2. The first-order chi connectivity index (χ1) is 15.3. The van der Waals surface area contributed by atoms with Crippen molar-refractivity contribution in [2.45, 2.75) is 6.92 Å². The Bertz CT molecular complexity index is 1230. The molecule has 0 saturated carbocycles. The summed E-state index contributed by atoms with van der Waals surface area (Å²) in [5.74, 6) is -1.44. The summed E-state index contributed by atoms with van der Waals surface area (Å²) in [6, 6.07) is 5.97. The first kappa shape index (κ1) is 21.8. The lowest BCUT2D eigenvalue weighted by molar-refractivity contribution is 0.259. The number of nitrogens with zero attached hydrogens (tertiary/aromatic N) is 6. The highest BCUT2D eigenvalue weighted by atomic mass is 32.1. The molecule has 4 aromatic rings. The van der Waals surface area contributed by atoms with Crippen molar-refractivity contribution in [3.8, 4) is 33.3 Å². The molecule has 2 N–H and O–H groups in total. The van der Waals surface area contributed by atoms with Crippen molar-refractivity contribution in [1.82, 2.24) is 30.1 Å². The number of hydrogen-bond donors (Lipinski definition) is 1. The first-order valence-electron chi connectivity index (χ1n) is 9.70. The van der Waals surface area contributed by atoms with Crippen LogP contribution < -0.4 is 10.5 Å². The van der Waals surface area contributed by atoms with Gasteiger partial charge in [-0.1, -0.05) is 0 Å². The minimum Gasteiger partial charge on any atom is -0.492 e. The number of tetrazole rings is 1. The van der Waals surface area contributed by atoms with Gasteiger partial charge >= 0.3 is 0 Å². The van der Waals surface area contributed by atoms with E-state index in [9.17, 15) is 8.78 Å². The van der Waals surface area contributed by atoms with E-state index in [1.54, 1.807) is 23.6 Å². The fourth-order valence-corrected chi connectivity index (χ4v) is 3.93. The second kappa shape index (κ2) is 8.97. The minimum atomic E-state index is -0.866. The molecule has 0 spiro atoms. The Morgan fingerprint density at radius 2 is 1.91 bits per heavy atom.